The van der Waals surface area contributed by atoms with Crippen LogP contribution in [-0.4, -0.2) is 37.9 Å². The Kier molecular flexibility index (Phi) is 5.61. The largest absolute Gasteiger partial charge is 0.351 e. The number of halogens is 1. The van der Waals surface area contributed by atoms with Gasteiger partial charge in [0.25, 0.3) is 5.91 Å². The minimum Gasteiger partial charge on any atom is -0.351 e. The third-order valence-electron chi connectivity index (χ3n) is 3.68. The molecule has 8 nitrogen and oxygen atoms in total. The van der Waals surface area contributed by atoms with Gasteiger partial charge in [0.1, 0.15) is 11.7 Å². The number of nitrogens with one attached hydrogen (secondary N) is 2. The minimum absolute atomic E-state index is 0.280. The molecule has 2 N–H and O–H groups in total. The second-order valence-electron chi connectivity index (χ2n) is 5.47. The van der Waals surface area contributed by atoms with Crippen molar-refractivity contribution in [3.8, 4) is 0 Å². The summed E-state index contributed by atoms with van der Waals surface area (Å²) in [6.07, 6.45) is 3.77. The molecule has 130 valence electrons. The fourth-order valence-corrected chi connectivity index (χ4v) is 2.39. The Morgan fingerprint density at radius 1 is 1.33 bits per heavy atom. The monoisotopic (exact) mass is 352 g/mol. The van der Waals surface area contributed by atoms with E-state index in [0.717, 1.165) is 6.42 Å². The molecule has 0 aliphatic rings. The molecule has 0 radical (unpaired) electrons. The summed E-state index contributed by atoms with van der Waals surface area (Å²) < 4.78 is 2.96. The van der Waals surface area contributed by atoms with E-state index in [1.165, 1.54) is 21.8 Å². The van der Waals surface area contributed by atoms with E-state index in [2.05, 4.69) is 20.8 Å². The van der Waals surface area contributed by atoms with E-state index in [1.807, 2.05) is 6.92 Å². The Balaban J connectivity index is 2.17. The first-order valence-corrected chi connectivity index (χ1v) is 8.05. The second kappa shape index (κ2) is 7.48. The standard InChI is InChI=1S/C15H21ClN6O2/c1-5-6-17-15(24)13-12(8-18-21(13)4)20-14(23)10(3)22-9(2)11(16)7-19-22/h7-8,10H,5-6H2,1-4H3,(H,17,24)(H,20,23)/t10-/m1/s1. The first-order valence-electron chi connectivity index (χ1n) is 7.67. The third-order valence-corrected chi connectivity index (χ3v) is 4.05. The third kappa shape index (κ3) is 3.59. The van der Waals surface area contributed by atoms with Crippen molar-refractivity contribution < 1.29 is 9.59 Å². The molecule has 2 amide bonds. The number of carbonyl (C=O) groups is 2. The average Bonchev–Trinajstić information content (AvgIpc) is 3.07. The first-order chi connectivity index (χ1) is 11.4. The summed E-state index contributed by atoms with van der Waals surface area (Å²) in [5.74, 6) is -0.589. The van der Waals surface area contributed by atoms with Gasteiger partial charge in [0, 0.05) is 13.6 Å². The van der Waals surface area contributed by atoms with Gasteiger partial charge in [-0.15, -0.1) is 0 Å². The number of nitrogens with zero attached hydrogens (tertiary/aromatic N) is 4. The van der Waals surface area contributed by atoms with Gasteiger partial charge in [-0.3, -0.25) is 19.0 Å². The zero-order valence-corrected chi connectivity index (χ0v) is 14.9. The van der Waals surface area contributed by atoms with Gasteiger partial charge >= 0.3 is 0 Å². The van der Waals surface area contributed by atoms with Crippen LogP contribution < -0.4 is 10.6 Å². The summed E-state index contributed by atoms with van der Waals surface area (Å²) in [4.78, 5) is 24.7. The second-order valence-corrected chi connectivity index (χ2v) is 5.88. The van der Waals surface area contributed by atoms with E-state index in [1.54, 1.807) is 20.9 Å². The molecule has 0 saturated heterocycles. The van der Waals surface area contributed by atoms with Gasteiger partial charge in [-0.25, -0.2) is 0 Å². The summed E-state index contributed by atoms with van der Waals surface area (Å²) >= 11 is 5.98. The van der Waals surface area contributed by atoms with Crippen LogP contribution >= 0.6 is 11.6 Å². The topological polar surface area (TPSA) is 93.8 Å². The van der Waals surface area contributed by atoms with Gasteiger partial charge in [-0.05, 0) is 20.3 Å². The van der Waals surface area contributed by atoms with Crippen molar-refractivity contribution >= 4 is 29.1 Å². The van der Waals surface area contributed by atoms with Crippen LogP contribution in [0.5, 0.6) is 0 Å². The molecule has 1 atom stereocenters. The van der Waals surface area contributed by atoms with Crippen LogP contribution in [0.25, 0.3) is 0 Å². The molecule has 0 unspecified atom stereocenters. The van der Waals surface area contributed by atoms with E-state index in [0.29, 0.717) is 28.6 Å². The Labute approximate surface area is 145 Å². The fourth-order valence-electron chi connectivity index (χ4n) is 2.26. The lowest BCUT2D eigenvalue weighted by Gasteiger charge is -2.14. The van der Waals surface area contributed by atoms with Crippen LogP contribution in [0.4, 0.5) is 5.69 Å². The number of hydrogen-bond acceptors (Lipinski definition) is 4. The van der Waals surface area contributed by atoms with Crippen LogP contribution in [0.3, 0.4) is 0 Å². The molecule has 0 spiro atoms. The lowest BCUT2D eigenvalue weighted by atomic mass is 10.2. The van der Waals surface area contributed by atoms with Gasteiger partial charge in [0.05, 0.1) is 28.8 Å². The predicted octanol–water partition coefficient (Wildman–Crippen LogP) is 1.92. The number of aromatic nitrogens is 4. The lowest BCUT2D eigenvalue weighted by molar-refractivity contribution is -0.119. The molecular weight excluding hydrogens is 332 g/mol. The van der Waals surface area contributed by atoms with Crippen LogP contribution in [0.15, 0.2) is 12.4 Å². The number of amides is 2. The van der Waals surface area contributed by atoms with Gasteiger partial charge < -0.3 is 10.6 Å². The van der Waals surface area contributed by atoms with E-state index in [-0.39, 0.29) is 11.8 Å². The van der Waals surface area contributed by atoms with Crippen molar-refractivity contribution in [1.29, 1.82) is 0 Å². The quantitative estimate of drug-likeness (QED) is 0.830. The molecule has 0 aromatic carbocycles. The maximum atomic E-state index is 12.5. The van der Waals surface area contributed by atoms with Gasteiger partial charge in [0.15, 0.2) is 0 Å². The summed E-state index contributed by atoms with van der Waals surface area (Å²) in [6, 6.07) is -0.579. The molecule has 0 bridgehead atoms. The van der Waals surface area contributed by atoms with Crippen LogP contribution in [-0.2, 0) is 11.8 Å². The lowest BCUT2D eigenvalue weighted by Crippen LogP contribution is -2.29. The summed E-state index contributed by atoms with van der Waals surface area (Å²) in [7, 11) is 1.65. The van der Waals surface area contributed by atoms with E-state index >= 15 is 0 Å². The molecule has 9 heteroatoms. The highest BCUT2D eigenvalue weighted by Gasteiger charge is 2.23. The van der Waals surface area contributed by atoms with Crippen molar-refractivity contribution in [1.82, 2.24) is 24.9 Å². The Hall–Kier alpha value is -2.35. The van der Waals surface area contributed by atoms with Crippen LogP contribution in [0.2, 0.25) is 5.02 Å². The van der Waals surface area contributed by atoms with Crippen molar-refractivity contribution in [2.24, 2.45) is 7.05 Å². The molecule has 2 aromatic heterocycles. The van der Waals surface area contributed by atoms with Gasteiger partial charge in [-0.2, -0.15) is 10.2 Å². The molecular formula is C15H21ClN6O2. The number of anilines is 1. The molecule has 2 heterocycles. The summed E-state index contributed by atoms with van der Waals surface area (Å²) in [5, 5.41) is 14.2. The summed E-state index contributed by atoms with van der Waals surface area (Å²) in [6.45, 7) is 6.01. The van der Waals surface area contributed by atoms with Crippen molar-refractivity contribution in [2.45, 2.75) is 33.2 Å². The first kappa shape index (κ1) is 18.0. The highest BCUT2D eigenvalue weighted by atomic mass is 35.5. The maximum Gasteiger partial charge on any atom is 0.271 e. The molecule has 2 rings (SSSR count). The van der Waals surface area contributed by atoms with Gasteiger partial charge in [0.2, 0.25) is 5.91 Å². The average molecular weight is 353 g/mol. The van der Waals surface area contributed by atoms with E-state index in [4.69, 9.17) is 11.6 Å². The van der Waals surface area contributed by atoms with Crippen LogP contribution in [0.1, 0.15) is 42.5 Å². The van der Waals surface area contributed by atoms with Crippen molar-refractivity contribution in [2.75, 3.05) is 11.9 Å². The Bertz CT molecular complexity index is 751. The number of carbonyl (C=O) groups excluding carboxylic acids is 2. The zero-order valence-electron chi connectivity index (χ0n) is 14.1. The molecule has 2 aromatic rings. The normalized spacial score (nSPS) is 12.0. The van der Waals surface area contributed by atoms with Gasteiger partial charge in [-0.1, -0.05) is 18.5 Å². The predicted molar refractivity (Wildman–Crippen MR) is 91.1 cm³/mol. The van der Waals surface area contributed by atoms with E-state index in [9.17, 15) is 9.59 Å². The molecule has 0 aliphatic heterocycles. The number of rotatable bonds is 6. The number of aryl methyl sites for hydroxylation is 1. The Morgan fingerprint density at radius 2 is 2.04 bits per heavy atom. The highest BCUT2D eigenvalue weighted by molar-refractivity contribution is 6.31. The molecule has 24 heavy (non-hydrogen) atoms. The smallest absolute Gasteiger partial charge is 0.271 e. The number of hydrogen-bond donors (Lipinski definition) is 2. The highest BCUT2D eigenvalue weighted by Crippen LogP contribution is 2.20. The summed E-state index contributed by atoms with van der Waals surface area (Å²) in [5.41, 5.74) is 1.37. The van der Waals surface area contributed by atoms with Crippen molar-refractivity contribution in [3.63, 3.8) is 0 Å². The maximum absolute atomic E-state index is 12.5. The molecule has 0 aliphatic carbocycles. The molecule has 0 saturated carbocycles. The minimum atomic E-state index is -0.579. The SMILES string of the molecule is CCCNC(=O)c1c(NC(=O)[C@@H](C)n2ncc(Cl)c2C)cnn1C. The fraction of sp³-hybridized carbons (Fsp3) is 0.467. The van der Waals surface area contributed by atoms with Crippen LogP contribution in [0, 0.1) is 6.92 Å². The van der Waals surface area contributed by atoms with Crippen molar-refractivity contribution in [3.05, 3.63) is 28.8 Å². The Morgan fingerprint density at radius 3 is 2.62 bits per heavy atom. The molecule has 0 fully saturated rings. The van der Waals surface area contributed by atoms with E-state index < -0.39 is 6.04 Å². The zero-order chi connectivity index (χ0) is 17.9.